The maximum Gasteiger partial charge on any atom is 0.256 e. The summed E-state index contributed by atoms with van der Waals surface area (Å²) in [6.45, 7) is 4.20. The van der Waals surface area contributed by atoms with E-state index in [2.05, 4.69) is 5.32 Å². The van der Waals surface area contributed by atoms with E-state index < -0.39 is 5.82 Å². The highest BCUT2D eigenvalue weighted by molar-refractivity contribution is 5.94. The monoisotopic (exact) mass is 264 g/mol. The first-order chi connectivity index (χ1) is 9.22. The van der Waals surface area contributed by atoms with Gasteiger partial charge in [0.1, 0.15) is 5.82 Å². The predicted molar refractivity (Wildman–Crippen MR) is 73.6 cm³/mol. The topological polar surface area (TPSA) is 32.3 Å². The van der Waals surface area contributed by atoms with Crippen LogP contribution in [-0.4, -0.2) is 36.5 Å². The van der Waals surface area contributed by atoms with Gasteiger partial charge in [-0.05, 0) is 38.4 Å². The van der Waals surface area contributed by atoms with E-state index in [-0.39, 0.29) is 11.5 Å². The van der Waals surface area contributed by atoms with E-state index in [1.165, 1.54) is 18.9 Å². The molecule has 1 atom stereocenters. The van der Waals surface area contributed by atoms with E-state index in [4.69, 9.17) is 0 Å². The van der Waals surface area contributed by atoms with Gasteiger partial charge in [0.2, 0.25) is 0 Å². The van der Waals surface area contributed by atoms with Gasteiger partial charge in [-0.3, -0.25) is 4.79 Å². The molecule has 1 saturated heterocycles. The van der Waals surface area contributed by atoms with Crippen molar-refractivity contribution in [2.24, 2.45) is 0 Å². The molecule has 1 aliphatic heterocycles. The molecule has 4 heteroatoms. The SMILES string of the molecule is CCN(CC1CCCCN1)C(=O)c1ccccc1F. The molecule has 1 aromatic rings. The van der Waals surface area contributed by atoms with Crippen LogP contribution in [0.5, 0.6) is 0 Å². The molecule has 19 heavy (non-hydrogen) atoms. The Balaban J connectivity index is 2.04. The van der Waals surface area contributed by atoms with Gasteiger partial charge >= 0.3 is 0 Å². The van der Waals surface area contributed by atoms with Crippen molar-refractivity contribution in [1.29, 1.82) is 0 Å². The molecule has 1 heterocycles. The summed E-state index contributed by atoms with van der Waals surface area (Å²) in [4.78, 5) is 14.1. The van der Waals surface area contributed by atoms with Crippen LogP contribution in [0.4, 0.5) is 4.39 Å². The molecule has 104 valence electrons. The highest BCUT2D eigenvalue weighted by Crippen LogP contribution is 2.13. The molecule has 0 bridgehead atoms. The Morgan fingerprint density at radius 1 is 1.42 bits per heavy atom. The first kappa shape index (κ1) is 14.0. The van der Waals surface area contributed by atoms with Gasteiger partial charge in [-0.1, -0.05) is 18.6 Å². The summed E-state index contributed by atoms with van der Waals surface area (Å²) in [7, 11) is 0. The third-order valence-corrected chi connectivity index (χ3v) is 3.63. The molecule has 0 aromatic heterocycles. The van der Waals surface area contributed by atoms with Crippen molar-refractivity contribution in [2.75, 3.05) is 19.6 Å². The van der Waals surface area contributed by atoms with Crippen molar-refractivity contribution in [2.45, 2.75) is 32.2 Å². The lowest BCUT2D eigenvalue weighted by Gasteiger charge is -2.30. The Hall–Kier alpha value is -1.42. The lowest BCUT2D eigenvalue weighted by Crippen LogP contribution is -2.45. The number of halogens is 1. The quantitative estimate of drug-likeness (QED) is 0.906. The first-order valence-electron chi connectivity index (χ1n) is 6.99. The van der Waals surface area contributed by atoms with Gasteiger partial charge in [0.25, 0.3) is 5.91 Å². The van der Waals surface area contributed by atoms with Gasteiger partial charge in [-0.2, -0.15) is 0 Å². The summed E-state index contributed by atoms with van der Waals surface area (Å²) < 4.78 is 13.7. The minimum absolute atomic E-state index is 0.167. The van der Waals surface area contributed by atoms with Crippen molar-refractivity contribution >= 4 is 5.91 Å². The summed E-state index contributed by atoms with van der Waals surface area (Å²) in [6.07, 6.45) is 3.48. The third-order valence-electron chi connectivity index (χ3n) is 3.63. The van der Waals surface area contributed by atoms with E-state index in [0.717, 1.165) is 13.0 Å². The summed E-state index contributed by atoms with van der Waals surface area (Å²) in [5, 5.41) is 3.42. The summed E-state index contributed by atoms with van der Waals surface area (Å²) in [5.74, 6) is -0.657. The van der Waals surface area contributed by atoms with Gasteiger partial charge in [-0.15, -0.1) is 0 Å². The lowest BCUT2D eigenvalue weighted by molar-refractivity contribution is 0.0737. The molecule has 0 saturated carbocycles. The number of nitrogens with zero attached hydrogens (tertiary/aromatic N) is 1. The smallest absolute Gasteiger partial charge is 0.256 e. The van der Waals surface area contributed by atoms with Crippen LogP contribution in [-0.2, 0) is 0 Å². The van der Waals surface area contributed by atoms with E-state index in [1.807, 2.05) is 6.92 Å². The molecule has 1 aliphatic rings. The van der Waals surface area contributed by atoms with Gasteiger partial charge in [-0.25, -0.2) is 4.39 Å². The molecule has 1 amide bonds. The summed E-state index contributed by atoms with van der Waals surface area (Å²) in [6, 6.07) is 6.52. The predicted octanol–water partition coefficient (Wildman–Crippen LogP) is 2.43. The number of hydrogen-bond donors (Lipinski definition) is 1. The number of hydrogen-bond acceptors (Lipinski definition) is 2. The molecule has 1 N–H and O–H groups in total. The van der Waals surface area contributed by atoms with Crippen LogP contribution in [0.15, 0.2) is 24.3 Å². The number of nitrogens with one attached hydrogen (secondary N) is 1. The molecular weight excluding hydrogens is 243 g/mol. The van der Waals surface area contributed by atoms with Gasteiger partial charge in [0, 0.05) is 19.1 Å². The highest BCUT2D eigenvalue weighted by Gasteiger charge is 2.22. The minimum atomic E-state index is -0.442. The molecule has 1 fully saturated rings. The molecule has 1 aromatic carbocycles. The second-order valence-electron chi connectivity index (χ2n) is 4.97. The maximum atomic E-state index is 13.7. The zero-order valence-electron chi connectivity index (χ0n) is 11.4. The Bertz CT molecular complexity index is 430. The number of likely N-dealkylation sites (N-methyl/N-ethyl adjacent to an activating group) is 1. The van der Waals surface area contributed by atoms with Crippen molar-refractivity contribution < 1.29 is 9.18 Å². The Morgan fingerprint density at radius 3 is 2.84 bits per heavy atom. The van der Waals surface area contributed by atoms with Crippen LogP contribution in [0, 0.1) is 5.82 Å². The van der Waals surface area contributed by atoms with Crippen LogP contribution < -0.4 is 5.32 Å². The van der Waals surface area contributed by atoms with Gasteiger partial charge < -0.3 is 10.2 Å². The van der Waals surface area contributed by atoms with Gasteiger partial charge in [0.15, 0.2) is 0 Å². The molecule has 3 nitrogen and oxygen atoms in total. The average Bonchev–Trinajstić information content (AvgIpc) is 2.46. The Kier molecular flexibility index (Phi) is 4.91. The average molecular weight is 264 g/mol. The number of rotatable bonds is 4. The van der Waals surface area contributed by atoms with Crippen LogP contribution in [0.25, 0.3) is 0 Å². The van der Waals surface area contributed by atoms with Crippen molar-refractivity contribution in [3.8, 4) is 0 Å². The lowest BCUT2D eigenvalue weighted by atomic mass is 10.0. The zero-order chi connectivity index (χ0) is 13.7. The number of carbonyl (C=O) groups is 1. The van der Waals surface area contributed by atoms with Gasteiger partial charge in [0.05, 0.1) is 5.56 Å². The number of carbonyl (C=O) groups excluding carboxylic acids is 1. The molecule has 0 spiro atoms. The number of amides is 1. The summed E-state index contributed by atoms with van der Waals surface area (Å²) in [5.41, 5.74) is 0.167. The first-order valence-corrected chi connectivity index (χ1v) is 6.99. The van der Waals surface area contributed by atoms with Crippen molar-refractivity contribution in [3.63, 3.8) is 0 Å². The summed E-state index contributed by atoms with van der Waals surface area (Å²) >= 11 is 0. The van der Waals surface area contributed by atoms with Crippen molar-refractivity contribution in [1.82, 2.24) is 10.2 Å². The zero-order valence-corrected chi connectivity index (χ0v) is 11.4. The maximum absolute atomic E-state index is 13.7. The fourth-order valence-electron chi connectivity index (χ4n) is 2.51. The number of benzene rings is 1. The van der Waals surface area contributed by atoms with Crippen LogP contribution in [0.3, 0.4) is 0 Å². The molecular formula is C15H21FN2O. The highest BCUT2D eigenvalue weighted by atomic mass is 19.1. The fraction of sp³-hybridized carbons (Fsp3) is 0.533. The van der Waals surface area contributed by atoms with Crippen LogP contribution in [0.2, 0.25) is 0 Å². The molecule has 0 aliphatic carbocycles. The van der Waals surface area contributed by atoms with E-state index in [9.17, 15) is 9.18 Å². The normalized spacial score (nSPS) is 19.2. The third kappa shape index (κ3) is 3.53. The molecule has 0 radical (unpaired) electrons. The van der Waals surface area contributed by atoms with Crippen LogP contribution >= 0.6 is 0 Å². The van der Waals surface area contributed by atoms with E-state index >= 15 is 0 Å². The second-order valence-corrected chi connectivity index (χ2v) is 4.97. The van der Waals surface area contributed by atoms with E-state index in [0.29, 0.717) is 19.1 Å². The largest absolute Gasteiger partial charge is 0.337 e. The van der Waals surface area contributed by atoms with Crippen LogP contribution in [0.1, 0.15) is 36.5 Å². The minimum Gasteiger partial charge on any atom is -0.337 e. The Morgan fingerprint density at radius 2 is 2.21 bits per heavy atom. The Labute approximate surface area is 113 Å². The standard InChI is InChI=1S/C15H21FN2O/c1-2-18(11-12-7-5-6-10-17-12)15(19)13-8-3-4-9-14(13)16/h3-4,8-9,12,17H,2,5-7,10-11H2,1H3. The number of piperidine rings is 1. The molecule has 2 rings (SSSR count). The second kappa shape index (κ2) is 6.66. The van der Waals surface area contributed by atoms with Crippen molar-refractivity contribution in [3.05, 3.63) is 35.6 Å². The van der Waals surface area contributed by atoms with E-state index in [1.54, 1.807) is 23.1 Å². The fourth-order valence-corrected chi connectivity index (χ4v) is 2.51. The molecule has 1 unspecified atom stereocenters.